The second-order valence-corrected chi connectivity index (χ2v) is 13.7. The number of aliphatic hydroxyl groups is 3. The number of allylic oxidation sites excluding steroid dienone is 3. The van der Waals surface area contributed by atoms with E-state index in [1.807, 2.05) is 26.0 Å². The van der Waals surface area contributed by atoms with Crippen molar-refractivity contribution in [1.29, 1.82) is 0 Å². The second kappa shape index (κ2) is 10.5. The molecule has 6 rings (SSSR count). The number of aliphatic hydroxyl groups excluding tert-OH is 2. The molecule has 6 aliphatic rings. The first-order chi connectivity index (χ1) is 20.0. The van der Waals surface area contributed by atoms with Gasteiger partial charge in [0.2, 0.25) is 0 Å². The zero-order valence-corrected chi connectivity index (χ0v) is 25.5. The predicted molar refractivity (Wildman–Crippen MR) is 156 cm³/mol. The third kappa shape index (κ3) is 3.95. The van der Waals surface area contributed by atoms with Crippen LogP contribution in [-0.2, 0) is 23.7 Å². The highest BCUT2D eigenvalue weighted by molar-refractivity contribution is 6.05. The van der Waals surface area contributed by atoms with E-state index in [9.17, 15) is 20.1 Å². The fraction of sp³-hybridized carbons (Fsp3) is 0.735. The quantitative estimate of drug-likeness (QED) is 0.134. The van der Waals surface area contributed by atoms with Gasteiger partial charge >= 0.3 is 5.97 Å². The zero-order valence-electron chi connectivity index (χ0n) is 25.5. The molecule has 42 heavy (non-hydrogen) atoms. The Hall–Kier alpha value is -1.65. The molecule has 8 nitrogen and oxygen atoms in total. The summed E-state index contributed by atoms with van der Waals surface area (Å²) < 4.78 is 26.5. The van der Waals surface area contributed by atoms with Crippen molar-refractivity contribution in [2.75, 3.05) is 6.61 Å². The van der Waals surface area contributed by atoms with Crippen molar-refractivity contribution < 1.29 is 39.1 Å². The maximum absolute atomic E-state index is 13.5. The highest BCUT2D eigenvalue weighted by atomic mass is 16.9. The number of ketones is 1. The van der Waals surface area contributed by atoms with E-state index in [4.69, 9.17) is 18.9 Å². The Morgan fingerprint density at radius 2 is 1.81 bits per heavy atom. The van der Waals surface area contributed by atoms with Gasteiger partial charge in [0.15, 0.2) is 11.4 Å². The number of ether oxygens (including phenoxy) is 4. The van der Waals surface area contributed by atoms with Gasteiger partial charge in [0, 0.05) is 17.9 Å². The van der Waals surface area contributed by atoms with Crippen molar-refractivity contribution >= 4 is 5.78 Å². The van der Waals surface area contributed by atoms with Crippen LogP contribution < -0.4 is 0 Å². The molecule has 0 unspecified atom stereocenters. The molecule has 11 atom stereocenters. The smallest absolute Gasteiger partial charge is 0.306 e. The first kappa shape index (κ1) is 30.4. The number of fused-ring (bicyclic) bond motifs is 3. The van der Waals surface area contributed by atoms with Crippen molar-refractivity contribution in [3.05, 3.63) is 48.1 Å². The number of carbonyl (C=O) groups excluding carboxylic acids is 1. The maximum Gasteiger partial charge on any atom is 0.306 e. The zero-order chi connectivity index (χ0) is 30.1. The van der Waals surface area contributed by atoms with Crippen molar-refractivity contribution in [2.24, 2.45) is 17.8 Å². The molecule has 232 valence electrons. The van der Waals surface area contributed by atoms with Gasteiger partial charge in [-0.3, -0.25) is 4.79 Å². The standard InChI is InChI=1S/C34H48O8/c1-6-7-8-9-10-11-12-13-14-15-16-17-32-40-27-25-28-31(20-35,39-28)29(37)33(38)24(18-22(4)26(33)36)34(25,42-32)23(5)19-30(27,41-32)21(2)3/h14-18,23-25,27-29,35,37-38H,2,6-13,19-20H2,1,3-5H3/b15-14-,17-16-/t23-,24-,25-,27-,28+,29-,30-,31+,32+,33-,34+/m1/s1. The van der Waals surface area contributed by atoms with Gasteiger partial charge < -0.3 is 34.3 Å². The fourth-order valence-electron chi connectivity index (χ4n) is 8.98. The lowest BCUT2D eigenvalue weighted by atomic mass is 9.54. The van der Waals surface area contributed by atoms with E-state index in [2.05, 4.69) is 19.6 Å². The topological polar surface area (TPSA) is 118 Å². The van der Waals surface area contributed by atoms with Gasteiger partial charge in [-0.2, -0.15) is 0 Å². The Morgan fingerprint density at radius 1 is 1.10 bits per heavy atom. The fourth-order valence-corrected chi connectivity index (χ4v) is 8.98. The summed E-state index contributed by atoms with van der Waals surface area (Å²) in [5, 5.41) is 34.2. The molecular formula is C34H48O8. The van der Waals surface area contributed by atoms with Crippen molar-refractivity contribution in [2.45, 2.75) is 132 Å². The number of epoxide rings is 1. The second-order valence-electron chi connectivity index (χ2n) is 13.7. The minimum absolute atomic E-state index is 0.236. The minimum Gasteiger partial charge on any atom is -0.393 e. The summed E-state index contributed by atoms with van der Waals surface area (Å²) >= 11 is 0. The molecule has 5 fully saturated rings. The van der Waals surface area contributed by atoms with E-state index in [0.717, 1.165) is 18.4 Å². The van der Waals surface area contributed by atoms with Crippen LogP contribution in [0.5, 0.6) is 0 Å². The van der Waals surface area contributed by atoms with E-state index >= 15 is 0 Å². The van der Waals surface area contributed by atoms with Crippen LogP contribution in [0.1, 0.15) is 85.5 Å². The third-order valence-electron chi connectivity index (χ3n) is 11.2. The van der Waals surface area contributed by atoms with Crippen LogP contribution in [0.2, 0.25) is 0 Å². The van der Waals surface area contributed by atoms with Gasteiger partial charge in [-0.1, -0.05) is 83.3 Å². The van der Waals surface area contributed by atoms with Gasteiger partial charge in [0.25, 0.3) is 0 Å². The van der Waals surface area contributed by atoms with E-state index < -0.39 is 70.9 Å². The first-order valence-corrected chi connectivity index (χ1v) is 16.0. The summed E-state index contributed by atoms with van der Waals surface area (Å²) in [4.78, 5) is 13.5. The molecule has 3 N–H and O–H groups in total. The lowest BCUT2D eigenvalue weighted by Gasteiger charge is -2.59. The molecule has 0 spiro atoms. The van der Waals surface area contributed by atoms with E-state index in [1.165, 1.54) is 38.5 Å². The lowest BCUT2D eigenvalue weighted by molar-refractivity contribution is -0.406. The average Bonchev–Trinajstić information content (AvgIpc) is 3.60. The van der Waals surface area contributed by atoms with Gasteiger partial charge in [0.05, 0.1) is 12.2 Å². The molecule has 3 bridgehead atoms. The lowest BCUT2D eigenvalue weighted by Crippen LogP contribution is -2.72. The molecule has 0 amide bonds. The highest BCUT2D eigenvalue weighted by Gasteiger charge is 2.88. The number of carbonyl (C=O) groups is 1. The number of hydrogen-bond acceptors (Lipinski definition) is 8. The van der Waals surface area contributed by atoms with Crippen LogP contribution in [0.4, 0.5) is 0 Å². The summed E-state index contributed by atoms with van der Waals surface area (Å²) in [5.74, 6) is -3.80. The maximum atomic E-state index is 13.5. The Labute approximate surface area is 249 Å². The molecule has 2 saturated carbocycles. The number of rotatable bonds is 12. The number of Topliss-reactive ketones (excluding diaryl/α,β-unsaturated/α-hetero) is 1. The van der Waals surface area contributed by atoms with Gasteiger partial charge in [-0.25, -0.2) is 0 Å². The van der Waals surface area contributed by atoms with Crippen LogP contribution in [0.25, 0.3) is 0 Å². The Balaban J connectivity index is 1.31. The normalized spacial score (nSPS) is 48.4. The molecule has 0 aromatic heterocycles. The van der Waals surface area contributed by atoms with Crippen LogP contribution in [0.3, 0.4) is 0 Å². The average molecular weight is 585 g/mol. The summed E-state index contributed by atoms with van der Waals surface area (Å²) in [7, 11) is 0. The Morgan fingerprint density at radius 3 is 2.50 bits per heavy atom. The molecule has 0 aromatic rings. The molecule has 3 heterocycles. The molecule has 8 heteroatoms. The molecule has 3 aliphatic carbocycles. The monoisotopic (exact) mass is 584 g/mol. The predicted octanol–water partition coefficient (Wildman–Crippen LogP) is 4.43. The minimum atomic E-state index is -2.22. The largest absolute Gasteiger partial charge is 0.393 e. The van der Waals surface area contributed by atoms with Crippen LogP contribution >= 0.6 is 0 Å². The molecule has 3 aliphatic heterocycles. The molecular weight excluding hydrogens is 536 g/mol. The summed E-state index contributed by atoms with van der Waals surface area (Å²) in [6, 6.07) is 0. The Kier molecular flexibility index (Phi) is 7.57. The number of unbranched alkanes of at least 4 members (excludes halogenated alkanes) is 7. The first-order valence-electron chi connectivity index (χ1n) is 16.0. The summed E-state index contributed by atoms with van der Waals surface area (Å²) in [6.07, 6.45) is 16.9. The summed E-state index contributed by atoms with van der Waals surface area (Å²) in [6.45, 7) is 11.6. The van der Waals surface area contributed by atoms with Gasteiger partial charge in [-0.15, -0.1) is 0 Å². The Bertz CT molecular complexity index is 1210. The molecule has 0 radical (unpaired) electrons. The van der Waals surface area contributed by atoms with Gasteiger partial charge in [0.1, 0.15) is 29.5 Å². The highest BCUT2D eigenvalue weighted by Crippen LogP contribution is 2.72. The third-order valence-corrected chi connectivity index (χ3v) is 11.2. The van der Waals surface area contributed by atoms with Crippen LogP contribution in [0.15, 0.2) is 48.1 Å². The van der Waals surface area contributed by atoms with E-state index in [-0.39, 0.29) is 5.92 Å². The number of hydrogen-bond donors (Lipinski definition) is 3. The van der Waals surface area contributed by atoms with Crippen LogP contribution in [0, 0.1) is 17.8 Å². The van der Waals surface area contributed by atoms with Crippen LogP contribution in [-0.4, -0.2) is 74.4 Å². The molecule has 0 aromatic carbocycles. The van der Waals surface area contributed by atoms with Gasteiger partial charge in [-0.05, 0) is 50.2 Å². The SMILES string of the molecule is C=C(C)[C@]12C[C@@H](C)[C@@]34O[C@@](/C=C\C=C/CCCCCCCCC)(O[C@@H]1[C@@H]3[C@@H]1O[C@]1(CO)[C@@H](O)[C@]1(O)C(=O)C(C)=C[C@H]14)O2. The van der Waals surface area contributed by atoms with Crippen molar-refractivity contribution in [3.8, 4) is 0 Å². The van der Waals surface area contributed by atoms with Crippen molar-refractivity contribution in [3.63, 3.8) is 0 Å². The van der Waals surface area contributed by atoms with E-state index in [0.29, 0.717) is 12.0 Å². The molecule has 3 saturated heterocycles. The van der Waals surface area contributed by atoms with Crippen molar-refractivity contribution in [1.82, 2.24) is 0 Å². The summed E-state index contributed by atoms with van der Waals surface area (Å²) in [5.41, 5.74) is -4.66. The van der Waals surface area contributed by atoms with E-state index in [1.54, 1.807) is 19.1 Å².